The third kappa shape index (κ3) is 4.43. The van der Waals surface area contributed by atoms with Gasteiger partial charge in [0.2, 0.25) is 0 Å². The largest absolute Gasteiger partial charge is 0.485 e. The first-order valence-electron chi connectivity index (χ1n) is 4.55. The minimum atomic E-state index is -4.73. The van der Waals surface area contributed by atoms with Crippen molar-refractivity contribution in [3.8, 4) is 0 Å². The monoisotopic (exact) mass is 212 g/mol. The number of halogens is 4. The third-order valence-corrected chi connectivity index (χ3v) is 2.12. The fourth-order valence-corrected chi connectivity index (χ4v) is 1.52. The molecular formula is C8H12F4N2. The number of rotatable bonds is 1. The van der Waals surface area contributed by atoms with Crippen molar-refractivity contribution in [2.24, 2.45) is 4.99 Å². The number of amidine groups is 1. The van der Waals surface area contributed by atoms with Crippen molar-refractivity contribution in [2.75, 3.05) is 0 Å². The molecule has 0 spiro atoms. The Morgan fingerprint density at radius 1 is 1.14 bits per heavy atom. The highest BCUT2D eigenvalue weighted by molar-refractivity contribution is 5.72. The molecule has 1 aliphatic rings. The van der Waals surface area contributed by atoms with Crippen molar-refractivity contribution < 1.29 is 17.6 Å². The lowest BCUT2D eigenvalue weighted by Gasteiger charge is -2.17. The Labute approximate surface area is 79.4 Å². The maximum Gasteiger partial charge on any atom is 0.485 e. The molecule has 1 N–H and O–H groups in total. The summed E-state index contributed by atoms with van der Waals surface area (Å²) in [7, 11) is 0. The SMILES string of the molecule is FC(=NC1CCCCC1)NC(F)(F)F. The van der Waals surface area contributed by atoms with Gasteiger partial charge in [-0.3, -0.25) is 5.32 Å². The van der Waals surface area contributed by atoms with Crippen LogP contribution in [-0.4, -0.2) is 18.4 Å². The molecule has 1 rings (SSSR count). The molecule has 1 fully saturated rings. The van der Waals surface area contributed by atoms with Crippen molar-refractivity contribution in [2.45, 2.75) is 44.4 Å². The highest BCUT2D eigenvalue weighted by Gasteiger charge is 2.29. The average Bonchev–Trinajstić information content (AvgIpc) is 2.02. The fourth-order valence-electron chi connectivity index (χ4n) is 1.52. The highest BCUT2D eigenvalue weighted by atomic mass is 19.4. The van der Waals surface area contributed by atoms with E-state index in [1.807, 2.05) is 0 Å². The van der Waals surface area contributed by atoms with Gasteiger partial charge in [0.25, 0.3) is 6.09 Å². The molecule has 0 unspecified atom stereocenters. The zero-order valence-corrected chi connectivity index (χ0v) is 7.57. The molecule has 0 saturated heterocycles. The lowest BCUT2D eigenvalue weighted by atomic mass is 9.96. The summed E-state index contributed by atoms with van der Waals surface area (Å²) in [5.41, 5.74) is 0. The first kappa shape index (κ1) is 11.3. The van der Waals surface area contributed by atoms with Gasteiger partial charge in [-0.2, -0.15) is 17.6 Å². The molecule has 1 saturated carbocycles. The predicted octanol–water partition coefficient (Wildman–Crippen LogP) is 2.75. The van der Waals surface area contributed by atoms with Gasteiger partial charge in [0.05, 0.1) is 6.04 Å². The van der Waals surface area contributed by atoms with E-state index in [0.29, 0.717) is 12.8 Å². The van der Waals surface area contributed by atoms with Gasteiger partial charge in [0.15, 0.2) is 0 Å². The average molecular weight is 212 g/mol. The molecule has 0 radical (unpaired) electrons. The lowest BCUT2D eigenvalue weighted by molar-refractivity contribution is -0.143. The van der Waals surface area contributed by atoms with Crippen molar-refractivity contribution in [3.05, 3.63) is 0 Å². The number of nitrogens with one attached hydrogen (secondary N) is 1. The van der Waals surface area contributed by atoms with E-state index in [4.69, 9.17) is 0 Å². The Kier molecular flexibility index (Phi) is 3.71. The number of hydrogen-bond donors (Lipinski definition) is 1. The normalized spacial score (nSPS) is 21.0. The van der Waals surface area contributed by atoms with Crippen molar-refractivity contribution in [3.63, 3.8) is 0 Å². The number of aliphatic imine (C=N–C) groups is 1. The topological polar surface area (TPSA) is 24.4 Å². The van der Waals surface area contributed by atoms with E-state index in [1.54, 1.807) is 0 Å². The van der Waals surface area contributed by atoms with Crippen molar-refractivity contribution in [1.29, 1.82) is 0 Å². The van der Waals surface area contributed by atoms with Crippen LogP contribution in [0.1, 0.15) is 32.1 Å². The van der Waals surface area contributed by atoms with Crippen LogP contribution >= 0.6 is 0 Å². The van der Waals surface area contributed by atoms with Gasteiger partial charge in [-0.1, -0.05) is 19.3 Å². The molecule has 6 heteroatoms. The molecule has 0 atom stereocenters. The minimum Gasteiger partial charge on any atom is -0.257 e. The van der Waals surface area contributed by atoms with Crippen LogP contribution in [-0.2, 0) is 0 Å². The minimum absolute atomic E-state index is 0.293. The zero-order chi connectivity index (χ0) is 10.6. The van der Waals surface area contributed by atoms with Gasteiger partial charge in [0.1, 0.15) is 0 Å². The first-order chi connectivity index (χ1) is 6.47. The van der Waals surface area contributed by atoms with Gasteiger partial charge in [-0.25, -0.2) is 4.99 Å². The second-order valence-electron chi connectivity index (χ2n) is 3.33. The predicted molar refractivity (Wildman–Crippen MR) is 44.6 cm³/mol. The first-order valence-corrected chi connectivity index (χ1v) is 4.55. The van der Waals surface area contributed by atoms with E-state index in [1.165, 1.54) is 0 Å². The Balaban J connectivity index is 2.41. The third-order valence-electron chi connectivity index (χ3n) is 2.12. The fraction of sp³-hybridized carbons (Fsp3) is 0.875. The van der Waals surface area contributed by atoms with E-state index in [-0.39, 0.29) is 6.04 Å². The molecule has 0 aromatic rings. The molecule has 0 bridgehead atoms. The second kappa shape index (κ2) is 4.61. The molecule has 0 aliphatic heterocycles. The Morgan fingerprint density at radius 3 is 2.21 bits per heavy atom. The second-order valence-corrected chi connectivity index (χ2v) is 3.33. The zero-order valence-electron chi connectivity index (χ0n) is 7.57. The van der Waals surface area contributed by atoms with Gasteiger partial charge >= 0.3 is 6.30 Å². The maximum atomic E-state index is 12.6. The van der Waals surface area contributed by atoms with E-state index < -0.39 is 12.4 Å². The van der Waals surface area contributed by atoms with Crippen molar-refractivity contribution in [1.82, 2.24) is 5.32 Å². The summed E-state index contributed by atoms with van der Waals surface area (Å²) in [6, 6.07) is -0.293. The van der Waals surface area contributed by atoms with Gasteiger partial charge in [-0.05, 0) is 12.8 Å². The molecule has 2 nitrogen and oxygen atoms in total. The van der Waals surface area contributed by atoms with Gasteiger partial charge in [0, 0.05) is 0 Å². The summed E-state index contributed by atoms with van der Waals surface area (Å²) in [6.45, 7) is 0. The van der Waals surface area contributed by atoms with Crippen LogP contribution in [0.3, 0.4) is 0 Å². The molecule has 14 heavy (non-hydrogen) atoms. The van der Waals surface area contributed by atoms with Crippen LogP contribution in [0.4, 0.5) is 17.6 Å². The van der Waals surface area contributed by atoms with Crippen LogP contribution < -0.4 is 5.32 Å². The Bertz CT molecular complexity index is 206. The Morgan fingerprint density at radius 2 is 1.71 bits per heavy atom. The van der Waals surface area contributed by atoms with Crippen LogP contribution in [0.5, 0.6) is 0 Å². The van der Waals surface area contributed by atoms with Crippen LogP contribution in [0.15, 0.2) is 4.99 Å². The molecular weight excluding hydrogens is 200 g/mol. The highest BCUT2D eigenvalue weighted by Crippen LogP contribution is 2.20. The Hall–Kier alpha value is -0.810. The molecule has 0 heterocycles. The lowest BCUT2D eigenvalue weighted by Crippen LogP contribution is -2.35. The molecule has 0 aromatic carbocycles. The molecule has 82 valence electrons. The van der Waals surface area contributed by atoms with E-state index in [9.17, 15) is 17.6 Å². The van der Waals surface area contributed by atoms with Gasteiger partial charge < -0.3 is 0 Å². The summed E-state index contributed by atoms with van der Waals surface area (Å²) in [4.78, 5) is 3.34. The summed E-state index contributed by atoms with van der Waals surface area (Å²) < 4.78 is 47.5. The molecule has 0 amide bonds. The quantitative estimate of drug-likeness (QED) is 0.307. The van der Waals surface area contributed by atoms with E-state index in [0.717, 1.165) is 24.6 Å². The van der Waals surface area contributed by atoms with Crippen molar-refractivity contribution >= 4 is 6.09 Å². The maximum absolute atomic E-state index is 12.6. The number of hydrogen-bond acceptors (Lipinski definition) is 1. The smallest absolute Gasteiger partial charge is 0.257 e. The molecule has 0 aromatic heterocycles. The summed E-state index contributed by atoms with van der Waals surface area (Å²) in [5, 5.41) is 0.750. The van der Waals surface area contributed by atoms with E-state index in [2.05, 4.69) is 4.99 Å². The summed E-state index contributed by atoms with van der Waals surface area (Å²) in [6.07, 6.45) is -2.03. The molecule has 1 aliphatic carbocycles. The number of alkyl halides is 3. The summed E-state index contributed by atoms with van der Waals surface area (Å²) in [5.74, 6) is 0. The van der Waals surface area contributed by atoms with Crippen LogP contribution in [0.25, 0.3) is 0 Å². The van der Waals surface area contributed by atoms with Crippen LogP contribution in [0, 0.1) is 0 Å². The van der Waals surface area contributed by atoms with E-state index >= 15 is 0 Å². The standard InChI is InChI=1S/C8H12F4N2/c9-7(14-8(10,11)12)13-6-4-2-1-3-5-6/h6H,1-5H2,(H,13,14). The van der Waals surface area contributed by atoms with Crippen LogP contribution in [0.2, 0.25) is 0 Å². The van der Waals surface area contributed by atoms with Gasteiger partial charge in [-0.15, -0.1) is 0 Å². The number of nitrogens with zero attached hydrogens (tertiary/aromatic N) is 1. The summed E-state index contributed by atoms with van der Waals surface area (Å²) >= 11 is 0.